The maximum absolute atomic E-state index is 11.9. The lowest BCUT2D eigenvalue weighted by atomic mass is 10.0. The minimum Gasteiger partial charge on any atom is -0.495 e. The normalized spacial score (nSPS) is 17.1. The van der Waals surface area contributed by atoms with E-state index in [2.05, 4.69) is 49.1 Å². The number of aryl methyl sites for hydroxylation is 1. The van der Waals surface area contributed by atoms with Crippen molar-refractivity contribution in [2.24, 2.45) is 0 Å². The second-order valence-electron chi connectivity index (χ2n) is 8.51. The summed E-state index contributed by atoms with van der Waals surface area (Å²) in [6.45, 7) is 3.54. The Morgan fingerprint density at radius 2 is 1.94 bits per heavy atom. The van der Waals surface area contributed by atoms with Crippen LogP contribution < -0.4 is 20.3 Å². The lowest BCUT2D eigenvalue weighted by Gasteiger charge is -2.29. The third kappa shape index (κ3) is 4.29. The molecule has 2 N–H and O–H groups in total. The van der Waals surface area contributed by atoms with Gasteiger partial charge in [0.25, 0.3) is 0 Å². The smallest absolute Gasteiger partial charge is 0.221 e. The van der Waals surface area contributed by atoms with Crippen molar-refractivity contribution in [2.45, 2.75) is 25.9 Å². The molecule has 1 aliphatic heterocycles. The first kappa shape index (κ1) is 23.5. The number of methoxy groups -OCH3 is 1. The zero-order chi connectivity index (χ0) is 25.2. The van der Waals surface area contributed by atoms with Crippen molar-refractivity contribution < 1.29 is 9.53 Å². The fourth-order valence-electron chi connectivity index (χ4n) is 4.69. The van der Waals surface area contributed by atoms with E-state index in [-0.39, 0.29) is 18.0 Å². The van der Waals surface area contributed by atoms with Gasteiger partial charge in [-0.15, -0.1) is 0 Å². The van der Waals surface area contributed by atoms with Crippen molar-refractivity contribution >= 4 is 34.6 Å². The average molecular weight is 499 g/mol. The highest BCUT2D eigenvalue weighted by atomic mass is 32.1. The number of carbonyl (C=O) groups is 1. The molecule has 4 aromatic rings. The molecule has 8 nitrogen and oxygen atoms in total. The number of amides is 1. The number of carbonyl (C=O) groups excluding carboxylic acids is 1. The summed E-state index contributed by atoms with van der Waals surface area (Å²) in [6.07, 6.45) is 5.39. The number of anilines is 2. The maximum Gasteiger partial charge on any atom is 0.221 e. The maximum atomic E-state index is 11.9. The number of ether oxygens (including phenoxy) is 1. The van der Waals surface area contributed by atoms with Crippen LogP contribution in [0.3, 0.4) is 0 Å². The highest BCUT2D eigenvalue weighted by Crippen LogP contribution is 2.44. The van der Waals surface area contributed by atoms with Gasteiger partial charge in [-0.2, -0.15) is 0 Å². The Hall–Kier alpha value is -4.24. The minimum absolute atomic E-state index is 0.184. The van der Waals surface area contributed by atoms with Gasteiger partial charge in [-0.25, -0.2) is 0 Å². The van der Waals surface area contributed by atoms with Crippen LogP contribution in [0.25, 0.3) is 5.69 Å². The van der Waals surface area contributed by atoms with E-state index in [1.165, 1.54) is 6.92 Å². The van der Waals surface area contributed by atoms with Crippen LogP contribution in [0, 0.1) is 6.92 Å². The summed E-state index contributed by atoms with van der Waals surface area (Å²) in [5, 5.41) is 6.91. The van der Waals surface area contributed by atoms with Crippen molar-refractivity contribution in [3.63, 3.8) is 0 Å². The lowest BCUT2D eigenvalue weighted by molar-refractivity contribution is -0.114. The number of nitrogens with one attached hydrogen (secondary N) is 2. The van der Waals surface area contributed by atoms with Gasteiger partial charge in [0.05, 0.1) is 36.4 Å². The Bertz CT molecular complexity index is 1410. The fourth-order valence-corrected chi connectivity index (χ4v) is 5.04. The van der Waals surface area contributed by atoms with Gasteiger partial charge in [0.1, 0.15) is 11.8 Å². The van der Waals surface area contributed by atoms with E-state index in [4.69, 9.17) is 17.0 Å². The van der Waals surface area contributed by atoms with Gasteiger partial charge in [-0.3, -0.25) is 14.8 Å². The van der Waals surface area contributed by atoms with E-state index in [9.17, 15) is 4.79 Å². The molecule has 182 valence electrons. The standard InChI is InChI=1S/C27H26N6O2S/c1-17-9-11-23(32(17)20-7-6-13-28-16-20)26-25(21-8-4-5-14-29-21)31-27(36)33(26)19-10-12-24(35-3)22(15-19)30-18(2)34/h4-16,25-26H,1-3H3,(H,30,34)(H,31,36)/t25-,26-/m0/s1. The van der Waals surface area contributed by atoms with Gasteiger partial charge >= 0.3 is 0 Å². The molecule has 0 unspecified atom stereocenters. The SMILES string of the molecule is COc1ccc(N2C(=S)N[C@@H](c3ccccn3)[C@@H]2c2ccc(C)n2-c2cccnc2)cc1NC(C)=O. The third-order valence-electron chi connectivity index (χ3n) is 6.18. The van der Waals surface area contributed by atoms with Crippen molar-refractivity contribution in [3.05, 3.63) is 96.3 Å². The fraction of sp³-hybridized carbons (Fsp3) is 0.185. The molecule has 0 bridgehead atoms. The number of hydrogen-bond donors (Lipinski definition) is 2. The van der Waals surface area contributed by atoms with E-state index in [1.807, 2.05) is 54.7 Å². The van der Waals surface area contributed by atoms with E-state index < -0.39 is 0 Å². The Balaban J connectivity index is 1.69. The number of rotatable bonds is 6. The molecule has 36 heavy (non-hydrogen) atoms. The summed E-state index contributed by atoms with van der Waals surface area (Å²) < 4.78 is 7.66. The quantitative estimate of drug-likeness (QED) is 0.372. The van der Waals surface area contributed by atoms with Crippen LogP contribution in [0.1, 0.15) is 36.1 Å². The van der Waals surface area contributed by atoms with Crippen LogP contribution in [-0.2, 0) is 4.79 Å². The summed E-state index contributed by atoms with van der Waals surface area (Å²) in [6, 6.07) is 19.2. The molecule has 3 aromatic heterocycles. The Morgan fingerprint density at radius 3 is 2.64 bits per heavy atom. The third-order valence-corrected chi connectivity index (χ3v) is 6.50. The van der Waals surface area contributed by atoms with Gasteiger partial charge in [0.2, 0.25) is 5.91 Å². The second-order valence-corrected chi connectivity index (χ2v) is 8.90. The zero-order valence-corrected chi connectivity index (χ0v) is 21.0. The molecule has 0 saturated carbocycles. The minimum atomic E-state index is -0.236. The molecular weight excluding hydrogens is 472 g/mol. The van der Waals surface area contributed by atoms with Crippen LogP contribution in [0.4, 0.5) is 11.4 Å². The van der Waals surface area contributed by atoms with Crippen LogP contribution in [0.15, 0.2) is 79.3 Å². The molecule has 1 aromatic carbocycles. The first-order valence-electron chi connectivity index (χ1n) is 11.5. The van der Waals surface area contributed by atoms with E-state index in [1.54, 1.807) is 19.5 Å². The molecule has 0 spiro atoms. The van der Waals surface area contributed by atoms with Gasteiger partial charge in [-0.05, 0) is 73.7 Å². The average Bonchev–Trinajstić information content (AvgIpc) is 3.44. The molecule has 4 heterocycles. The van der Waals surface area contributed by atoms with Crippen LogP contribution in [0.5, 0.6) is 5.75 Å². The monoisotopic (exact) mass is 498 g/mol. The van der Waals surface area contributed by atoms with Gasteiger partial charge in [0.15, 0.2) is 5.11 Å². The van der Waals surface area contributed by atoms with E-state index in [0.29, 0.717) is 16.5 Å². The van der Waals surface area contributed by atoms with Crippen molar-refractivity contribution in [1.82, 2.24) is 19.9 Å². The predicted octanol–water partition coefficient (Wildman–Crippen LogP) is 4.72. The number of pyridine rings is 2. The Labute approximate surface area is 215 Å². The molecule has 5 rings (SSSR count). The Kier molecular flexibility index (Phi) is 6.39. The molecule has 2 atom stereocenters. The summed E-state index contributed by atoms with van der Waals surface area (Å²) in [5.74, 6) is 0.385. The Morgan fingerprint density at radius 1 is 1.08 bits per heavy atom. The van der Waals surface area contributed by atoms with Gasteiger partial charge in [0, 0.05) is 36.4 Å². The highest BCUT2D eigenvalue weighted by Gasteiger charge is 2.42. The zero-order valence-electron chi connectivity index (χ0n) is 20.2. The number of aromatic nitrogens is 3. The molecule has 0 aliphatic carbocycles. The van der Waals surface area contributed by atoms with Crippen molar-refractivity contribution in [1.29, 1.82) is 0 Å². The van der Waals surface area contributed by atoms with Gasteiger partial charge in [-0.1, -0.05) is 6.07 Å². The van der Waals surface area contributed by atoms with Crippen LogP contribution in [0.2, 0.25) is 0 Å². The first-order chi connectivity index (χ1) is 17.5. The predicted molar refractivity (Wildman–Crippen MR) is 144 cm³/mol. The summed E-state index contributed by atoms with van der Waals surface area (Å²) in [7, 11) is 1.58. The molecular formula is C27H26N6O2S. The number of hydrogen-bond acceptors (Lipinski definition) is 5. The molecule has 1 aliphatic rings. The summed E-state index contributed by atoms with van der Waals surface area (Å²) in [4.78, 5) is 22.9. The van der Waals surface area contributed by atoms with Gasteiger partial charge < -0.3 is 24.8 Å². The number of nitrogens with zero attached hydrogens (tertiary/aromatic N) is 4. The molecule has 1 amide bonds. The lowest BCUT2D eigenvalue weighted by Crippen LogP contribution is -2.30. The van der Waals surface area contributed by atoms with Crippen LogP contribution >= 0.6 is 12.2 Å². The largest absolute Gasteiger partial charge is 0.495 e. The highest BCUT2D eigenvalue weighted by molar-refractivity contribution is 7.80. The molecule has 0 radical (unpaired) electrons. The molecule has 1 fully saturated rings. The van der Waals surface area contributed by atoms with Crippen molar-refractivity contribution in [2.75, 3.05) is 17.3 Å². The second kappa shape index (κ2) is 9.79. The molecule has 1 saturated heterocycles. The van der Waals surface area contributed by atoms with E-state index in [0.717, 1.165) is 28.5 Å². The summed E-state index contributed by atoms with van der Waals surface area (Å²) in [5.41, 5.74) is 5.33. The first-order valence-corrected chi connectivity index (χ1v) is 11.9. The topological polar surface area (TPSA) is 84.3 Å². The number of benzene rings is 1. The number of thiocarbonyl (C=S) groups is 1. The van der Waals surface area contributed by atoms with Crippen molar-refractivity contribution in [3.8, 4) is 11.4 Å². The summed E-state index contributed by atoms with van der Waals surface area (Å²) >= 11 is 5.88. The van der Waals surface area contributed by atoms with Crippen LogP contribution in [-0.4, -0.2) is 32.7 Å². The molecule has 9 heteroatoms. The van der Waals surface area contributed by atoms with E-state index >= 15 is 0 Å².